The number of rotatable bonds is 3. The van der Waals surface area contributed by atoms with Gasteiger partial charge in [0, 0.05) is 25.4 Å². The monoisotopic (exact) mass is 413 g/mol. The summed E-state index contributed by atoms with van der Waals surface area (Å²) < 4.78 is 27.8. The molecule has 2 aliphatic heterocycles. The molecule has 0 spiro atoms. The Morgan fingerprint density at radius 1 is 1.27 bits per heavy atom. The van der Waals surface area contributed by atoms with Gasteiger partial charge in [0.05, 0.1) is 36.5 Å². The molecule has 2 atom stereocenters. The maximum atomic E-state index is 14.6. The van der Waals surface area contributed by atoms with Crippen LogP contribution in [0.4, 0.5) is 10.2 Å². The highest BCUT2D eigenvalue weighted by Crippen LogP contribution is 2.37. The molecule has 5 rings (SSSR count). The van der Waals surface area contributed by atoms with Crippen LogP contribution in [0.15, 0.2) is 24.5 Å². The highest BCUT2D eigenvalue weighted by molar-refractivity contribution is 5.95. The minimum Gasteiger partial charge on any atom is -0.507 e. The zero-order chi connectivity index (χ0) is 20.7. The van der Waals surface area contributed by atoms with Crippen LogP contribution in [0, 0.1) is 5.82 Å². The summed E-state index contributed by atoms with van der Waals surface area (Å²) in [6, 6.07) is 3.42. The Kier molecular flexibility index (Phi) is 5.00. The van der Waals surface area contributed by atoms with Crippen molar-refractivity contribution < 1.29 is 19.0 Å². The molecule has 0 radical (unpaired) electrons. The van der Waals surface area contributed by atoms with Gasteiger partial charge in [-0.15, -0.1) is 0 Å². The number of nitrogens with zero attached hydrogens (tertiary/aromatic N) is 5. The van der Waals surface area contributed by atoms with Crippen LogP contribution >= 0.6 is 0 Å². The van der Waals surface area contributed by atoms with Crippen LogP contribution in [-0.4, -0.2) is 57.3 Å². The molecule has 2 fully saturated rings. The molecule has 3 aromatic heterocycles. The van der Waals surface area contributed by atoms with E-state index >= 15 is 0 Å². The molecule has 1 unspecified atom stereocenters. The summed E-state index contributed by atoms with van der Waals surface area (Å²) in [5.41, 5.74) is 1.46. The number of fused-ring (bicyclic) bond motifs is 1. The first-order valence-electron chi connectivity index (χ1n) is 10.3. The molecule has 0 saturated carbocycles. The lowest BCUT2D eigenvalue weighted by atomic mass is 10.1. The van der Waals surface area contributed by atoms with Gasteiger partial charge >= 0.3 is 0 Å². The van der Waals surface area contributed by atoms with Crippen LogP contribution in [0.3, 0.4) is 0 Å². The predicted molar refractivity (Wildman–Crippen MR) is 109 cm³/mol. The summed E-state index contributed by atoms with van der Waals surface area (Å²) in [5, 5.41) is 15.2. The average Bonchev–Trinajstić information content (AvgIpc) is 3.24. The van der Waals surface area contributed by atoms with Gasteiger partial charge in [0.1, 0.15) is 22.8 Å². The Labute approximate surface area is 173 Å². The predicted octanol–water partition coefficient (Wildman–Crippen LogP) is 3.26. The standard InChI is InChI=1S/C21H24FN5O3/c1-13-12-29-9-7-26(13)17-10-16(28)19-14(22)11-23-20(21(19)25-17)15-5-6-24-27(15)18-4-2-3-8-30-18/h5-6,10-11,13,18H,2-4,7-9,12H2,1H3,(H,25,28)/t13-,18?/m1/s1. The van der Waals surface area contributed by atoms with Crippen molar-refractivity contribution in [2.75, 3.05) is 31.3 Å². The van der Waals surface area contributed by atoms with Crippen LogP contribution in [0.1, 0.15) is 32.4 Å². The van der Waals surface area contributed by atoms with Crippen molar-refractivity contribution in [2.45, 2.75) is 38.5 Å². The van der Waals surface area contributed by atoms with Crippen LogP contribution in [0.2, 0.25) is 0 Å². The van der Waals surface area contributed by atoms with E-state index in [1.54, 1.807) is 10.9 Å². The van der Waals surface area contributed by atoms with E-state index in [9.17, 15) is 9.50 Å². The normalized spacial score (nSPS) is 22.5. The molecular formula is C21H24FN5O3. The Morgan fingerprint density at radius 2 is 2.17 bits per heavy atom. The number of aromatic hydroxyl groups is 1. The molecule has 0 amide bonds. The van der Waals surface area contributed by atoms with Crippen molar-refractivity contribution in [1.82, 2.24) is 19.7 Å². The van der Waals surface area contributed by atoms with E-state index in [1.807, 2.05) is 13.0 Å². The minimum absolute atomic E-state index is 0.0574. The summed E-state index contributed by atoms with van der Waals surface area (Å²) in [5.74, 6) is -0.195. The SMILES string of the molecule is C[C@@H]1COCCN1c1cc(O)c2c(F)cnc(-c3ccnn3C3CCCCO3)c2n1. The van der Waals surface area contributed by atoms with Gasteiger partial charge < -0.3 is 19.5 Å². The first-order valence-corrected chi connectivity index (χ1v) is 10.3. The molecule has 0 aromatic carbocycles. The second-order valence-electron chi connectivity index (χ2n) is 7.78. The third-order valence-corrected chi connectivity index (χ3v) is 5.76. The second-order valence-corrected chi connectivity index (χ2v) is 7.78. The van der Waals surface area contributed by atoms with E-state index in [0.717, 1.165) is 25.5 Å². The first kappa shape index (κ1) is 19.2. The van der Waals surface area contributed by atoms with Crippen LogP contribution in [0.5, 0.6) is 5.75 Å². The number of morpholine rings is 1. The van der Waals surface area contributed by atoms with Gasteiger partial charge in [-0.3, -0.25) is 0 Å². The van der Waals surface area contributed by atoms with E-state index in [-0.39, 0.29) is 23.4 Å². The van der Waals surface area contributed by atoms with Crippen molar-refractivity contribution in [3.63, 3.8) is 0 Å². The van der Waals surface area contributed by atoms with Crippen LogP contribution in [0.25, 0.3) is 22.3 Å². The molecule has 3 aromatic rings. The number of ether oxygens (including phenoxy) is 2. The molecule has 5 heterocycles. The van der Waals surface area contributed by atoms with E-state index < -0.39 is 5.82 Å². The molecular weight excluding hydrogens is 389 g/mol. The molecule has 0 aliphatic carbocycles. The van der Waals surface area contributed by atoms with E-state index in [2.05, 4.69) is 15.0 Å². The Balaban J connectivity index is 1.66. The summed E-state index contributed by atoms with van der Waals surface area (Å²) >= 11 is 0. The number of hydrogen-bond acceptors (Lipinski definition) is 7. The lowest BCUT2D eigenvalue weighted by Gasteiger charge is -2.34. The van der Waals surface area contributed by atoms with E-state index in [0.29, 0.717) is 49.1 Å². The summed E-state index contributed by atoms with van der Waals surface area (Å²) in [4.78, 5) is 11.1. The van der Waals surface area contributed by atoms with Crippen LogP contribution in [-0.2, 0) is 9.47 Å². The van der Waals surface area contributed by atoms with Crippen LogP contribution < -0.4 is 4.90 Å². The smallest absolute Gasteiger partial charge is 0.154 e. The van der Waals surface area contributed by atoms with Gasteiger partial charge in [-0.1, -0.05) is 0 Å². The van der Waals surface area contributed by atoms with E-state index in [1.165, 1.54) is 6.07 Å². The molecule has 2 aliphatic rings. The lowest BCUT2D eigenvalue weighted by Crippen LogP contribution is -2.44. The van der Waals surface area contributed by atoms with Gasteiger partial charge in [0.15, 0.2) is 12.0 Å². The second kappa shape index (κ2) is 7.81. The fourth-order valence-corrected chi connectivity index (χ4v) is 4.22. The Hall–Kier alpha value is -2.78. The topological polar surface area (TPSA) is 85.5 Å². The van der Waals surface area contributed by atoms with Gasteiger partial charge in [-0.05, 0) is 32.3 Å². The van der Waals surface area contributed by atoms with Crippen molar-refractivity contribution in [2.24, 2.45) is 0 Å². The maximum Gasteiger partial charge on any atom is 0.154 e. The van der Waals surface area contributed by atoms with Crippen molar-refractivity contribution in [3.05, 3.63) is 30.3 Å². The number of hydrogen-bond donors (Lipinski definition) is 1. The number of aromatic nitrogens is 4. The number of halogens is 1. The summed E-state index contributed by atoms with van der Waals surface area (Å²) in [7, 11) is 0. The zero-order valence-corrected chi connectivity index (χ0v) is 16.8. The van der Waals surface area contributed by atoms with Crippen molar-refractivity contribution in [1.29, 1.82) is 0 Å². The highest BCUT2D eigenvalue weighted by atomic mass is 19.1. The Morgan fingerprint density at radius 3 is 2.97 bits per heavy atom. The molecule has 0 bridgehead atoms. The molecule has 30 heavy (non-hydrogen) atoms. The fraction of sp³-hybridized carbons (Fsp3) is 0.476. The molecule has 2 saturated heterocycles. The quantitative estimate of drug-likeness (QED) is 0.705. The highest BCUT2D eigenvalue weighted by Gasteiger charge is 2.26. The minimum atomic E-state index is -0.611. The van der Waals surface area contributed by atoms with Gasteiger partial charge in [-0.25, -0.2) is 19.0 Å². The maximum absolute atomic E-state index is 14.6. The number of anilines is 1. The summed E-state index contributed by atoms with van der Waals surface area (Å²) in [6.07, 6.45) is 5.54. The number of pyridine rings is 2. The molecule has 1 N–H and O–H groups in total. The van der Waals surface area contributed by atoms with Gasteiger partial charge in [0.25, 0.3) is 0 Å². The first-order chi connectivity index (χ1) is 14.6. The zero-order valence-electron chi connectivity index (χ0n) is 16.8. The van der Waals surface area contributed by atoms with E-state index in [4.69, 9.17) is 14.5 Å². The third-order valence-electron chi connectivity index (χ3n) is 5.76. The fourth-order valence-electron chi connectivity index (χ4n) is 4.22. The molecule has 8 nitrogen and oxygen atoms in total. The summed E-state index contributed by atoms with van der Waals surface area (Å²) in [6.45, 7) is 4.50. The van der Waals surface area contributed by atoms with Crippen molar-refractivity contribution >= 4 is 16.7 Å². The average molecular weight is 413 g/mol. The van der Waals surface area contributed by atoms with Crippen molar-refractivity contribution in [3.8, 4) is 17.1 Å². The molecule has 158 valence electrons. The lowest BCUT2D eigenvalue weighted by molar-refractivity contribution is -0.0383. The largest absolute Gasteiger partial charge is 0.507 e. The van der Waals surface area contributed by atoms with Gasteiger partial charge in [0.2, 0.25) is 0 Å². The Bertz CT molecular complexity index is 1070. The third kappa shape index (κ3) is 3.27. The molecule has 9 heteroatoms. The van der Waals surface area contributed by atoms with Gasteiger partial charge in [-0.2, -0.15) is 5.10 Å².